The summed E-state index contributed by atoms with van der Waals surface area (Å²) < 4.78 is 4.88. The Kier molecular flexibility index (Phi) is 4.04. The van der Waals surface area contributed by atoms with E-state index < -0.39 is 0 Å². The second kappa shape index (κ2) is 5.11. The zero-order chi connectivity index (χ0) is 8.81. The van der Waals surface area contributed by atoms with Gasteiger partial charge in [-0.25, -0.2) is 0 Å². The molecule has 0 saturated carbocycles. The summed E-state index contributed by atoms with van der Waals surface area (Å²) in [7, 11) is 1.68. The molecule has 0 spiro atoms. The Bertz CT molecular complexity index is 150. The Hall–Kier alpha value is -0.610. The van der Waals surface area contributed by atoms with Gasteiger partial charge in [0.1, 0.15) is 0 Å². The van der Waals surface area contributed by atoms with E-state index in [1.54, 1.807) is 7.11 Å². The van der Waals surface area contributed by atoms with Gasteiger partial charge in [-0.1, -0.05) is 0 Å². The lowest BCUT2D eigenvalue weighted by atomic mass is 10.2. The average molecular weight is 172 g/mol. The fourth-order valence-electron chi connectivity index (χ4n) is 1.28. The van der Waals surface area contributed by atoms with E-state index in [0.29, 0.717) is 12.5 Å². The van der Waals surface area contributed by atoms with Crippen LogP contribution in [0.4, 0.5) is 0 Å². The lowest BCUT2D eigenvalue weighted by molar-refractivity contribution is -0.119. The summed E-state index contributed by atoms with van der Waals surface area (Å²) in [4.78, 5) is 10.8. The zero-order valence-corrected chi connectivity index (χ0v) is 7.43. The maximum atomic E-state index is 10.8. The second-order valence-electron chi connectivity index (χ2n) is 3.00. The van der Waals surface area contributed by atoms with Crippen molar-refractivity contribution in [3.8, 4) is 0 Å². The van der Waals surface area contributed by atoms with Crippen LogP contribution in [0.1, 0.15) is 12.8 Å². The van der Waals surface area contributed by atoms with Crippen molar-refractivity contribution in [2.45, 2.75) is 18.9 Å². The van der Waals surface area contributed by atoms with Crippen LogP contribution < -0.4 is 10.6 Å². The lowest BCUT2D eigenvalue weighted by Gasteiger charge is -2.10. The van der Waals surface area contributed by atoms with Gasteiger partial charge in [-0.2, -0.15) is 0 Å². The van der Waals surface area contributed by atoms with E-state index in [4.69, 9.17) is 4.74 Å². The first kappa shape index (κ1) is 9.48. The van der Waals surface area contributed by atoms with Crippen molar-refractivity contribution in [3.05, 3.63) is 0 Å². The molecule has 1 fully saturated rings. The molecular weight excluding hydrogens is 156 g/mol. The summed E-state index contributed by atoms with van der Waals surface area (Å²) >= 11 is 0. The van der Waals surface area contributed by atoms with E-state index in [9.17, 15) is 4.79 Å². The predicted octanol–water partition coefficient (Wildman–Crippen LogP) is -0.499. The first-order valence-electron chi connectivity index (χ1n) is 4.32. The van der Waals surface area contributed by atoms with Crippen LogP contribution in [-0.2, 0) is 9.53 Å². The highest BCUT2D eigenvalue weighted by atomic mass is 16.5. The third-order valence-electron chi connectivity index (χ3n) is 1.96. The van der Waals surface area contributed by atoms with E-state index >= 15 is 0 Å². The molecule has 2 N–H and O–H groups in total. The predicted molar refractivity (Wildman–Crippen MR) is 45.9 cm³/mol. The van der Waals surface area contributed by atoms with Crippen molar-refractivity contribution in [1.82, 2.24) is 10.6 Å². The van der Waals surface area contributed by atoms with Gasteiger partial charge in [0.05, 0.1) is 6.61 Å². The van der Waals surface area contributed by atoms with Crippen LogP contribution in [0.25, 0.3) is 0 Å². The van der Waals surface area contributed by atoms with Crippen molar-refractivity contribution in [2.75, 3.05) is 26.8 Å². The minimum atomic E-state index is 0.175. The number of amides is 1. The van der Waals surface area contributed by atoms with Crippen molar-refractivity contribution >= 4 is 5.91 Å². The fourth-order valence-corrected chi connectivity index (χ4v) is 1.28. The molecule has 1 heterocycles. The maximum absolute atomic E-state index is 10.8. The lowest BCUT2D eigenvalue weighted by Crippen LogP contribution is -2.36. The first-order chi connectivity index (χ1) is 5.83. The van der Waals surface area contributed by atoms with Gasteiger partial charge in [-0.15, -0.1) is 0 Å². The summed E-state index contributed by atoms with van der Waals surface area (Å²) in [6.07, 6.45) is 1.63. The molecule has 0 aromatic heterocycles. The molecule has 0 bridgehead atoms. The van der Waals surface area contributed by atoms with Gasteiger partial charge < -0.3 is 15.4 Å². The zero-order valence-electron chi connectivity index (χ0n) is 7.43. The number of hydrogen-bond donors (Lipinski definition) is 2. The summed E-state index contributed by atoms with van der Waals surface area (Å²) in [5, 5.41) is 6.10. The van der Waals surface area contributed by atoms with Gasteiger partial charge in [0.2, 0.25) is 5.91 Å². The Morgan fingerprint density at radius 1 is 1.75 bits per heavy atom. The number of hydrogen-bond acceptors (Lipinski definition) is 3. The minimum absolute atomic E-state index is 0.175. The van der Waals surface area contributed by atoms with E-state index in [-0.39, 0.29) is 5.91 Å². The standard InChI is InChI=1S/C8H16N2O2/c1-12-5-4-9-6-7-2-3-8(11)10-7/h7,9H,2-6H2,1H3,(H,10,11). The van der Waals surface area contributed by atoms with Crippen LogP contribution >= 0.6 is 0 Å². The number of ether oxygens (including phenoxy) is 1. The summed E-state index contributed by atoms with van der Waals surface area (Å²) in [6, 6.07) is 0.328. The quantitative estimate of drug-likeness (QED) is 0.550. The van der Waals surface area contributed by atoms with Crippen LogP contribution in [-0.4, -0.2) is 38.8 Å². The van der Waals surface area contributed by atoms with Crippen molar-refractivity contribution in [3.63, 3.8) is 0 Å². The molecule has 1 amide bonds. The van der Waals surface area contributed by atoms with Gasteiger partial charge in [-0.05, 0) is 6.42 Å². The van der Waals surface area contributed by atoms with Gasteiger partial charge in [-0.3, -0.25) is 4.79 Å². The van der Waals surface area contributed by atoms with Gasteiger partial charge in [0.15, 0.2) is 0 Å². The summed E-state index contributed by atoms with van der Waals surface area (Å²) in [5.41, 5.74) is 0. The van der Waals surface area contributed by atoms with Gasteiger partial charge in [0, 0.05) is 32.7 Å². The fraction of sp³-hybridized carbons (Fsp3) is 0.875. The molecule has 0 radical (unpaired) electrons. The van der Waals surface area contributed by atoms with Crippen LogP contribution in [0.15, 0.2) is 0 Å². The molecule has 1 aliphatic heterocycles. The molecule has 4 nitrogen and oxygen atoms in total. The van der Waals surface area contributed by atoms with E-state index in [0.717, 1.165) is 26.1 Å². The number of methoxy groups -OCH3 is 1. The molecule has 0 aromatic rings. The molecular formula is C8H16N2O2. The highest BCUT2D eigenvalue weighted by Gasteiger charge is 2.19. The summed E-state index contributed by atoms with van der Waals surface area (Å²) in [6.45, 7) is 2.43. The maximum Gasteiger partial charge on any atom is 0.220 e. The Balaban J connectivity index is 1.97. The van der Waals surface area contributed by atoms with E-state index in [1.807, 2.05) is 0 Å². The highest BCUT2D eigenvalue weighted by Crippen LogP contribution is 2.04. The van der Waals surface area contributed by atoms with E-state index in [2.05, 4.69) is 10.6 Å². The van der Waals surface area contributed by atoms with Crippen LogP contribution in [0.5, 0.6) is 0 Å². The molecule has 0 aromatic carbocycles. The monoisotopic (exact) mass is 172 g/mol. The third-order valence-corrected chi connectivity index (χ3v) is 1.96. The Morgan fingerprint density at radius 2 is 2.58 bits per heavy atom. The van der Waals surface area contributed by atoms with Crippen molar-refractivity contribution < 1.29 is 9.53 Å². The van der Waals surface area contributed by atoms with Crippen LogP contribution in [0.3, 0.4) is 0 Å². The largest absolute Gasteiger partial charge is 0.383 e. The van der Waals surface area contributed by atoms with Crippen molar-refractivity contribution in [1.29, 1.82) is 0 Å². The number of carbonyl (C=O) groups is 1. The molecule has 0 aliphatic carbocycles. The Morgan fingerprint density at radius 3 is 3.17 bits per heavy atom. The number of nitrogens with one attached hydrogen (secondary N) is 2. The smallest absolute Gasteiger partial charge is 0.220 e. The van der Waals surface area contributed by atoms with E-state index in [1.165, 1.54) is 0 Å². The van der Waals surface area contributed by atoms with Crippen LogP contribution in [0, 0.1) is 0 Å². The molecule has 1 aliphatic rings. The van der Waals surface area contributed by atoms with Crippen LogP contribution in [0.2, 0.25) is 0 Å². The molecule has 12 heavy (non-hydrogen) atoms. The third kappa shape index (κ3) is 3.19. The molecule has 1 saturated heterocycles. The molecule has 1 atom stereocenters. The van der Waals surface area contributed by atoms with Crippen molar-refractivity contribution in [2.24, 2.45) is 0 Å². The normalized spacial score (nSPS) is 22.8. The number of rotatable bonds is 5. The van der Waals surface area contributed by atoms with Gasteiger partial charge in [0.25, 0.3) is 0 Å². The molecule has 4 heteroatoms. The summed E-state index contributed by atoms with van der Waals surface area (Å²) in [5.74, 6) is 0.175. The minimum Gasteiger partial charge on any atom is -0.383 e. The molecule has 1 unspecified atom stereocenters. The molecule has 1 rings (SSSR count). The first-order valence-corrected chi connectivity index (χ1v) is 4.32. The second-order valence-corrected chi connectivity index (χ2v) is 3.00. The topological polar surface area (TPSA) is 50.4 Å². The highest BCUT2D eigenvalue weighted by molar-refractivity contribution is 5.78. The average Bonchev–Trinajstić information content (AvgIpc) is 2.45. The molecule has 70 valence electrons. The SMILES string of the molecule is COCCNCC1CCC(=O)N1. The van der Waals surface area contributed by atoms with Gasteiger partial charge >= 0.3 is 0 Å². The Labute approximate surface area is 72.7 Å². The number of carbonyl (C=O) groups excluding carboxylic acids is 1.